The summed E-state index contributed by atoms with van der Waals surface area (Å²) < 4.78 is 0. The summed E-state index contributed by atoms with van der Waals surface area (Å²) in [5, 5.41) is 2.81. The predicted octanol–water partition coefficient (Wildman–Crippen LogP) is 2.93. The Morgan fingerprint density at radius 1 is 1.00 bits per heavy atom. The Kier molecular flexibility index (Phi) is 3.93. The molecule has 122 valence electrons. The van der Waals surface area contributed by atoms with Crippen molar-refractivity contribution in [3.63, 3.8) is 0 Å². The van der Waals surface area contributed by atoms with Gasteiger partial charge in [0.05, 0.1) is 16.8 Å². The Hall–Kier alpha value is -2.95. The van der Waals surface area contributed by atoms with Gasteiger partial charge in [0, 0.05) is 11.6 Å². The molecule has 1 aliphatic rings. The lowest BCUT2D eigenvalue weighted by molar-refractivity contribution is 0.0917. The summed E-state index contributed by atoms with van der Waals surface area (Å²) in [5.74, 6) is -0.955. The molecule has 5 heteroatoms. The minimum atomic E-state index is -0.361. The van der Waals surface area contributed by atoms with E-state index in [0.29, 0.717) is 22.4 Å². The molecule has 0 saturated carbocycles. The van der Waals surface area contributed by atoms with Crippen LogP contribution in [0.2, 0.25) is 0 Å². The summed E-state index contributed by atoms with van der Waals surface area (Å²) in [4.78, 5) is 38.6. The molecule has 0 saturated heterocycles. The van der Waals surface area contributed by atoms with Crippen molar-refractivity contribution in [2.45, 2.75) is 26.8 Å². The number of nitrogens with zero attached hydrogens (tertiary/aromatic N) is 1. The van der Waals surface area contributed by atoms with Crippen LogP contribution in [0.25, 0.3) is 0 Å². The van der Waals surface area contributed by atoms with Gasteiger partial charge in [-0.05, 0) is 50.6 Å². The Bertz CT molecular complexity index is 820. The van der Waals surface area contributed by atoms with Gasteiger partial charge in [-0.1, -0.05) is 18.2 Å². The number of hydrogen-bond acceptors (Lipinski definition) is 3. The first-order valence-corrected chi connectivity index (χ1v) is 7.79. The lowest BCUT2D eigenvalue weighted by Crippen LogP contribution is -2.32. The van der Waals surface area contributed by atoms with Gasteiger partial charge in [-0.25, -0.2) is 4.90 Å². The summed E-state index contributed by atoms with van der Waals surface area (Å²) in [6, 6.07) is 11.8. The van der Waals surface area contributed by atoms with Crippen molar-refractivity contribution in [3.8, 4) is 0 Å². The molecule has 3 rings (SSSR count). The fourth-order valence-corrected chi connectivity index (χ4v) is 2.75. The van der Waals surface area contributed by atoms with Gasteiger partial charge in [-0.2, -0.15) is 0 Å². The topological polar surface area (TPSA) is 66.5 Å². The van der Waals surface area contributed by atoms with Crippen LogP contribution in [-0.2, 0) is 0 Å². The highest BCUT2D eigenvalue weighted by Crippen LogP contribution is 2.31. The Labute approximate surface area is 140 Å². The normalized spacial score (nSPS) is 13.4. The standard InChI is InChI=1S/C19H18N2O3/c1-11(2)20-17(22)13-9-8-12(3)16(10-13)21-18(23)14-6-4-5-7-15(14)19(21)24/h4-11H,1-3H3,(H,20,22). The summed E-state index contributed by atoms with van der Waals surface area (Å²) in [7, 11) is 0. The highest BCUT2D eigenvalue weighted by Gasteiger charge is 2.37. The quantitative estimate of drug-likeness (QED) is 0.884. The van der Waals surface area contributed by atoms with Crippen LogP contribution >= 0.6 is 0 Å². The maximum atomic E-state index is 12.6. The van der Waals surface area contributed by atoms with E-state index in [-0.39, 0.29) is 23.8 Å². The van der Waals surface area contributed by atoms with Crippen molar-refractivity contribution < 1.29 is 14.4 Å². The first kappa shape index (κ1) is 15.9. The molecule has 0 spiro atoms. The third-order valence-corrected chi connectivity index (χ3v) is 3.93. The third-order valence-electron chi connectivity index (χ3n) is 3.93. The molecule has 2 aromatic carbocycles. The molecule has 2 aromatic rings. The van der Waals surface area contributed by atoms with Gasteiger partial charge in [0.25, 0.3) is 17.7 Å². The van der Waals surface area contributed by atoms with Gasteiger partial charge in [-0.3, -0.25) is 14.4 Å². The number of anilines is 1. The van der Waals surface area contributed by atoms with Crippen LogP contribution in [0, 0.1) is 6.92 Å². The van der Waals surface area contributed by atoms with Crippen molar-refractivity contribution in [1.29, 1.82) is 0 Å². The molecule has 24 heavy (non-hydrogen) atoms. The van der Waals surface area contributed by atoms with E-state index < -0.39 is 0 Å². The number of nitrogens with one attached hydrogen (secondary N) is 1. The number of fused-ring (bicyclic) bond motifs is 1. The first-order valence-electron chi connectivity index (χ1n) is 7.79. The van der Waals surface area contributed by atoms with Crippen molar-refractivity contribution in [3.05, 3.63) is 64.7 Å². The second-order valence-corrected chi connectivity index (χ2v) is 6.12. The number of hydrogen-bond donors (Lipinski definition) is 1. The minimum Gasteiger partial charge on any atom is -0.350 e. The van der Waals surface area contributed by atoms with Crippen LogP contribution in [0.1, 0.15) is 50.5 Å². The van der Waals surface area contributed by atoms with E-state index >= 15 is 0 Å². The number of rotatable bonds is 3. The average molecular weight is 322 g/mol. The third kappa shape index (κ3) is 2.58. The number of imide groups is 1. The zero-order valence-electron chi connectivity index (χ0n) is 13.8. The minimum absolute atomic E-state index is 0.00144. The van der Waals surface area contributed by atoms with Gasteiger partial charge in [0.1, 0.15) is 0 Å². The molecule has 3 amide bonds. The van der Waals surface area contributed by atoms with E-state index in [2.05, 4.69) is 5.32 Å². The Balaban J connectivity index is 2.03. The molecule has 1 heterocycles. The van der Waals surface area contributed by atoms with Crippen LogP contribution in [0.3, 0.4) is 0 Å². The van der Waals surface area contributed by atoms with Crippen LogP contribution < -0.4 is 10.2 Å². The van der Waals surface area contributed by atoms with Gasteiger partial charge in [0.15, 0.2) is 0 Å². The molecule has 1 aliphatic heterocycles. The van der Waals surface area contributed by atoms with Crippen LogP contribution in [0.15, 0.2) is 42.5 Å². The summed E-state index contributed by atoms with van der Waals surface area (Å²) in [5.41, 5.74) is 2.39. The fraction of sp³-hybridized carbons (Fsp3) is 0.211. The molecular formula is C19H18N2O3. The van der Waals surface area contributed by atoms with Crippen LogP contribution in [0.5, 0.6) is 0 Å². The average Bonchev–Trinajstić information content (AvgIpc) is 2.79. The maximum absolute atomic E-state index is 12.6. The van der Waals surface area contributed by atoms with Crippen molar-refractivity contribution >= 4 is 23.4 Å². The van der Waals surface area contributed by atoms with Gasteiger partial charge in [0.2, 0.25) is 0 Å². The lowest BCUT2D eigenvalue weighted by Gasteiger charge is -2.18. The first-order chi connectivity index (χ1) is 11.4. The molecule has 0 aromatic heterocycles. The van der Waals surface area contributed by atoms with Crippen molar-refractivity contribution in [1.82, 2.24) is 5.32 Å². The number of carbonyl (C=O) groups excluding carboxylic acids is 3. The SMILES string of the molecule is Cc1ccc(C(=O)NC(C)C)cc1N1C(=O)c2ccccc2C1=O. The van der Waals surface area contributed by atoms with Crippen LogP contribution in [0.4, 0.5) is 5.69 Å². The zero-order valence-corrected chi connectivity index (χ0v) is 13.8. The van der Waals surface area contributed by atoms with E-state index in [1.54, 1.807) is 42.5 Å². The lowest BCUT2D eigenvalue weighted by atomic mass is 10.1. The van der Waals surface area contributed by atoms with Gasteiger partial charge in [-0.15, -0.1) is 0 Å². The fourth-order valence-electron chi connectivity index (χ4n) is 2.75. The van der Waals surface area contributed by atoms with Gasteiger partial charge < -0.3 is 5.32 Å². The second kappa shape index (κ2) is 5.92. The van der Waals surface area contributed by atoms with Crippen LogP contribution in [-0.4, -0.2) is 23.8 Å². The molecule has 0 unspecified atom stereocenters. The van der Waals surface area contributed by atoms with Crippen molar-refractivity contribution in [2.75, 3.05) is 4.90 Å². The van der Waals surface area contributed by atoms with E-state index in [4.69, 9.17) is 0 Å². The zero-order chi connectivity index (χ0) is 17.4. The second-order valence-electron chi connectivity index (χ2n) is 6.12. The smallest absolute Gasteiger partial charge is 0.266 e. The van der Waals surface area contributed by atoms with E-state index in [9.17, 15) is 14.4 Å². The largest absolute Gasteiger partial charge is 0.350 e. The molecule has 5 nitrogen and oxygen atoms in total. The summed E-state index contributed by atoms with van der Waals surface area (Å²) in [6.45, 7) is 5.55. The molecule has 0 atom stereocenters. The van der Waals surface area contributed by atoms with Crippen molar-refractivity contribution in [2.24, 2.45) is 0 Å². The molecular weight excluding hydrogens is 304 g/mol. The molecule has 0 aliphatic carbocycles. The predicted molar refractivity (Wildman–Crippen MR) is 91.4 cm³/mol. The van der Waals surface area contributed by atoms with E-state index in [0.717, 1.165) is 10.5 Å². The highest BCUT2D eigenvalue weighted by molar-refractivity contribution is 6.34. The van der Waals surface area contributed by atoms with E-state index in [1.165, 1.54) is 0 Å². The summed E-state index contributed by atoms with van der Waals surface area (Å²) in [6.07, 6.45) is 0. The Morgan fingerprint density at radius 2 is 1.58 bits per heavy atom. The number of carbonyl (C=O) groups is 3. The monoisotopic (exact) mass is 322 g/mol. The maximum Gasteiger partial charge on any atom is 0.266 e. The van der Waals surface area contributed by atoms with Gasteiger partial charge >= 0.3 is 0 Å². The Morgan fingerprint density at radius 3 is 2.12 bits per heavy atom. The molecule has 0 fully saturated rings. The molecule has 0 radical (unpaired) electrons. The van der Waals surface area contributed by atoms with E-state index in [1.807, 2.05) is 20.8 Å². The number of amides is 3. The summed E-state index contributed by atoms with van der Waals surface area (Å²) >= 11 is 0. The highest BCUT2D eigenvalue weighted by atomic mass is 16.2. The number of aryl methyl sites for hydroxylation is 1. The number of benzene rings is 2. The molecule has 0 bridgehead atoms. The molecule has 1 N–H and O–H groups in total.